The fraction of sp³-hybridized carbons (Fsp3) is 0. The van der Waals surface area contributed by atoms with Gasteiger partial charge in [-0.1, -0.05) is 0 Å². The van der Waals surface area contributed by atoms with E-state index in [1.807, 2.05) is 0 Å². The van der Waals surface area contributed by atoms with Gasteiger partial charge in [0.1, 0.15) is 0 Å². The SMILES string of the molecule is I.I.I.I.I.I.I.I.I.I.I.I.I.I. The minimum atomic E-state index is 0. The summed E-state index contributed by atoms with van der Waals surface area (Å²) in [5.41, 5.74) is 0. The lowest BCUT2D eigenvalue weighted by molar-refractivity contribution is 14.0. The monoisotopic (exact) mass is 1790 g/mol. The van der Waals surface area contributed by atoms with Gasteiger partial charge in [-0.05, 0) is 0 Å². The number of hydrogen-bond acceptors (Lipinski definition) is 0. The number of rotatable bonds is 0. The van der Waals surface area contributed by atoms with Gasteiger partial charge in [0, 0.05) is 0 Å². The summed E-state index contributed by atoms with van der Waals surface area (Å²) >= 11 is 0. The standard InChI is InChI=1S/14HI/h14*1H. The summed E-state index contributed by atoms with van der Waals surface area (Å²) in [7, 11) is 0. The van der Waals surface area contributed by atoms with E-state index in [0.717, 1.165) is 0 Å². The van der Waals surface area contributed by atoms with E-state index in [4.69, 9.17) is 0 Å². The van der Waals surface area contributed by atoms with Crippen LogP contribution in [0.3, 0.4) is 0 Å². The van der Waals surface area contributed by atoms with Gasteiger partial charge in [-0.3, -0.25) is 0 Å². The molecular weight excluding hydrogens is 1780 g/mol. The molecule has 14 heteroatoms. The molecule has 0 aromatic carbocycles. The second-order valence-electron chi connectivity index (χ2n) is 0. The lowest BCUT2D eigenvalue weighted by Gasteiger charge is -0.108. The van der Waals surface area contributed by atoms with Crippen LogP contribution < -0.4 is 0 Å². The molecule has 0 atom stereocenters. The van der Waals surface area contributed by atoms with Crippen LogP contribution >= 0.6 is 336 Å². The highest BCUT2D eigenvalue weighted by atomic mass is 127. The van der Waals surface area contributed by atoms with E-state index >= 15 is 0 Å². The molecule has 0 fully saturated rings. The first-order valence-electron chi connectivity index (χ1n) is 0. The molecule has 0 rings (SSSR count). The Kier molecular flexibility index (Phi) is 980. The molecule has 0 saturated heterocycles. The summed E-state index contributed by atoms with van der Waals surface area (Å²) in [6.45, 7) is 0. The predicted octanol–water partition coefficient (Wildman–Crippen LogP) is 8.65. The third-order valence-corrected chi connectivity index (χ3v) is 0. The second-order valence-corrected chi connectivity index (χ2v) is 0. The molecule has 0 aliphatic heterocycles. The Hall–Kier alpha value is 10.2. The average Bonchev–Trinajstić information content (AvgIpc) is 0. The maximum atomic E-state index is 0. The van der Waals surface area contributed by atoms with Crippen molar-refractivity contribution >= 4 is 336 Å². The summed E-state index contributed by atoms with van der Waals surface area (Å²) in [6.07, 6.45) is 0. The summed E-state index contributed by atoms with van der Waals surface area (Å²) in [5, 5.41) is 0. The third-order valence-electron chi connectivity index (χ3n) is 0. The zero-order valence-electron chi connectivity index (χ0n) is 5.72. The average molecular weight is 1790 g/mol. The quantitative estimate of drug-likeness (QED) is 0.214. The first-order chi connectivity index (χ1) is 0. The van der Waals surface area contributed by atoms with Crippen LogP contribution in [0.2, 0.25) is 0 Å². The molecule has 0 unspecified atom stereocenters. The summed E-state index contributed by atoms with van der Waals surface area (Å²) < 4.78 is 0. The molecule has 112 valence electrons. The summed E-state index contributed by atoms with van der Waals surface area (Å²) in [6, 6.07) is 0. The maximum absolute atomic E-state index is 0. The van der Waals surface area contributed by atoms with Crippen LogP contribution in [0.25, 0.3) is 0 Å². The fourth-order valence-electron chi connectivity index (χ4n) is 0. The van der Waals surface area contributed by atoms with E-state index in [-0.39, 0.29) is 336 Å². The van der Waals surface area contributed by atoms with E-state index < -0.39 is 0 Å². The van der Waals surface area contributed by atoms with Crippen molar-refractivity contribution in [3.63, 3.8) is 0 Å². The van der Waals surface area contributed by atoms with E-state index in [1.54, 1.807) is 0 Å². The molecule has 0 spiro atoms. The van der Waals surface area contributed by atoms with Crippen molar-refractivity contribution in [2.45, 2.75) is 0 Å². The van der Waals surface area contributed by atoms with E-state index in [2.05, 4.69) is 0 Å². The van der Waals surface area contributed by atoms with Gasteiger partial charge >= 0.3 is 0 Å². The Bertz CT molecular complexity index is 0. The van der Waals surface area contributed by atoms with Gasteiger partial charge in [-0.2, -0.15) is 0 Å². The van der Waals surface area contributed by atoms with Crippen LogP contribution in [0.5, 0.6) is 0 Å². The van der Waals surface area contributed by atoms with Crippen molar-refractivity contribution in [2.75, 3.05) is 0 Å². The molecule has 0 amide bonds. The van der Waals surface area contributed by atoms with Crippen molar-refractivity contribution in [2.24, 2.45) is 0 Å². The van der Waals surface area contributed by atoms with Crippen molar-refractivity contribution in [3.8, 4) is 0 Å². The Morgan fingerprint density at radius 2 is 0.0714 bits per heavy atom. The van der Waals surface area contributed by atoms with E-state index in [9.17, 15) is 0 Å². The molecule has 0 bridgehead atoms. The smallest absolute Gasteiger partial charge is 0.107 e. The zero-order valence-corrected chi connectivity index (χ0v) is 38.3. The molecular formula is H14I14. The van der Waals surface area contributed by atoms with Crippen LogP contribution in [0.1, 0.15) is 0 Å². The lowest BCUT2D eigenvalue weighted by Crippen LogP contribution is 0.885. The van der Waals surface area contributed by atoms with Gasteiger partial charge in [-0.15, -0.1) is 336 Å². The van der Waals surface area contributed by atoms with Crippen LogP contribution in [-0.2, 0) is 0 Å². The van der Waals surface area contributed by atoms with Crippen molar-refractivity contribution < 1.29 is 0 Å². The fourth-order valence-corrected chi connectivity index (χ4v) is 0. The molecule has 0 aromatic heterocycles. The van der Waals surface area contributed by atoms with E-state index in [0.29, 0.717) is 0 Å². The van der Waals surface area contributed by atoms with Crippen molar-refractivity contribution in [1.29, 1.82) is 0 Å². The van der Waals surface area contributed by atoms with Gasteiger partial charge in [0.05, 0.1) is 0 Å². The summed E-state index contributed by atoms with van der Waals surface area (Å²) in [5.74, 6) is 0. The molecule has 14 heavy (non-hydrogen) atoms. The largest absolute Gasteiger partial charge is 0.107 e. The zero-order chi connectivity index (χ0) is 0. The first-order valence-corrected chi connectivity index (χ1v) is 0. The normalized spacial score (nSPS) is 0. The third kappa shape index (κ3) is 95.8. The van der Waals surface area contributed by atoms with Gasteiger partial charge in [-0.25, -0.2) is 0 Å². The second kappa shape index (κ2) is 110. The Morgan fingerprint density at radius 3 is 0.0714 bits per heavy atom. The van der Waals surface area contributed by atoms with Crippen molar-refractivity contribution in [3.05, 3.63) is 0 Å². The van der Waals surface area contributed by atoms with Gasteiger partial charge in [0.15, 0.2) is 0 Å². The Labute approximate surface area is 325 Å². The van der Waals surface area contributed by atoms with Gasteiger partial charge in [0.2, 0.25) is 0 Å². The first kappa shape index (κ1) is 125. The Balaban J connectivity index is 0. The van der Waals surface area contributed by atoms with Crippen LogP contribution in [0.4, 0.5) is 0 Å². The number of halogens is 14. The van der Waals surface area contributed by atoms with Crippen LogP contribution in [-0.4, -0.2) is 0 Å². The highest BCUT2D eigenvalue weighted by molar-refractivity contribution is 14.0. The molecule has 0 radical (unpaired) electrons. The minimum absolute atomic E-state index is 0. The molecule has 0 aromatic rings. The predicted molar refractivity (Wildman–Crippen MR) is 216 cm³/mol. The molecule has 0 saturated carbocycles. The maximum Gasteiger partial charge on any atom is -0.107 e. The number of hydrogen-bond donors (Lipinski definition) is 0. The lowest BCUT2D eigenvalue weighted by atomic mass is 127. The van der Waals surface area contributed by atoms with Crippen molar-refractivity contribution in [1.82, 2.24) is 0 Å². The molecule has 0 N–H and O–H groups in total. The molecule has 0 nitrogen and oxygen atoms in total. The van der Waals surface area contributed by atoms with Gasteiger partial charge < -0.3 is 0 Å². The highest BCUT2D eigenvalue weighted by Gasteiger charge is -0.0945. The molecule has 0 heterocycles. The van der Waals surface area contributed by atoms with Gasteiger partial charge in [0.25, 0.3) is 0 Å². The molecule has 0 aliphatic carbocycles. The molecule has 0 aliphatic rings. The van der Waals surface area contributed by atoms with Crippen LogP contribution in [0, 0.1) is 0 Å². The summed E-state index contributed by atoms with van der Waals surface area (Å²) in [4.78, 5) is 0. The Morgan fingerprint density at radius 1 is 0.0714 bits per heavy atom. The topological polar surface area (TPSA) is 0 Å². The highest BCUT2D eigenvalue weighted by Crippen LogP contribution is 0.899. The minimum Gasteiger partial charge on any atom is -0.107 e. The van der Waals surface area contributed by atoms with E-state index in [1.165, 1.54) is 0 Å². The van der Waals surface area contributed by atoms with Crippen LogP contribution in [0.15, 0.2) is 0 Å².